The number of benzene rings is 1. The summed E-state index contributed by atoms with van der Waals surface area (Å²) >= 11 is 0. The van der Waals surface area contributed by atoms with Crippen LogP contribution in [0.5, 0.6) is 11.8 Å². The Bertz CT molecular complexity index is 734. The van der Waals surface area contributed by atoms with Gasteiger partial charge < -0.3 is 22.6 Å². The average Bonchev–Trinajstić information content (AvgIpc) is 2.48. The highest BCUT2D eigenvalue weighted by molar-refractivity contribution is 5.73. The van der Waals surface area contributed by atoms with Gasteiger partial charge in [-0.1, -0.05) is 36.4 Å². The minimum atomic E-state index is -0.208. The minimum Gasteiger partial charge on any atom is -1.00 e. The first-order valence-corrected chi connectivity index (χ1v) is 6.21. The van der Waals surface area contributed by atoms with Gasteiger partial charge in [-0.25, -0.2) is 0 Å². The van der Waals surface area contributed by atoms with E-state index in [1.165, 1.54) is 0 Å². The van der Waals surface area contributed by atoms with Crippen LogP contribution in [0.1, 0.15) is 0 Å². The van der Waals surface area contributed by atoms with E-state index in [1.54, 1.807) is 10.6 Å². The van der Waals surface area contributed by atoms with Gasteiger partial charge in [0.05, 0.1) is 5.56 Å². The fourth-order valence-corrected chi connectivity index (χ4v) is 2.15. The lowest BCUT2D eigenvalue weighted by Crippen LogP contribution is -3.00. The number of aromatic hydroxyl groups is 2. The molecule has 0 radical (unpaired) electrons. The first-order valence-electron chi connectivity index (χ1n) is 6.21. The summed E-state index contributed by atoms with van der Waals surface area (Å²) in [6.07, 6.45) is 3.64. The number of halogens is 1. The molecule has 4 nitrogen and oxygen atoms in total. The van der Waals surface area contributed by atoms with Crippen LogP contribution in [0.3, 0.4) is 0 Å². The van der Waals surface area contributed by atoms with Crippen molar-refractivity contribution in [1.82, 2.24) is 4.98 Å². The Kier molecular flexibility index (Phi) is 4.40. The van der Waals surface area contributed by atoms with E-state index in [9.17, 15) is 10.2 Å². The Labute approximate surface area is 128 Å². The van der Waals surface area contributed by atoms with E-state index in [0.717, 1.165) is 5.56 Å². The number of nitrogens with zero attached hydrogens (tertiary/aromatic N) is 2. The summed E-state index contributed by atoms with van der Waals surface area (Å²) in [7, 11) is 0. The van der Waals surface area contributed by atoms with E-state index in [-0.39, 0.29) is 24.2 Å². The Hall–Kier alpha value is -2.59. The van der Waals surface area contributed by atoms with E-state index in [0.29, 0.717) is 11.3 Å². The maximum absolute atomic E-state index is 10.1. The van der Waals surface area contributed by atoms with Gasteiger partial charge >= 0.3 is 0 Å². The van der Waals surface area contributed by atoms with Gasteiger partial charge in [0.2, 0.25) is 5.88 Å². The van der Waals surface area contributed by atoms with Gasteiger partial charge in [-0.3, -0.25) is 0 Å². The second-order valence-corrected chi connectivity index (χ2v) is 4.35. The van der Waals surface area contributed by atoms with E-state index in [4.69, 9.17) is 0 Å². The number of rotatable bonds is 2. The monoisotopic (exact) mass is 300 g/mol. The molecular weight excluding hydrogens is 288 g/mol. The molecule has 3 aromatic rings. The first-order chi connectivity index (χ1) is 9.75. The normalized spacial score (nSPS) is 9.90. The summed E-state index contributed by atoms with van der Waals surface area (Å²) in [6.45, 7) is 0. The van der Waals surface area contributed by atoms with Gasteiger partial charge in [0.1, 0.15) is 0 Å². The number of pyridine rings is 2. The molecule has 0 atom stereocenters. The van der Waals surface area contributed by atoms with Crippen LogP contribution < -0.4 is 17.0 Å². The molecule has 1 aromatic carbocycles. The molecule has 2 aromatic heterocycles. The third-order valence-electron chi connectivity index (χ3n) is 3.02. The molecule has 5 heteroatoms. The minimum absolute atomic E-state index is 0. The molecular formula is C16H13ClN2O2. The molecule has 0 amide bonds. The van der Waals surface area contributed by atoms with Gasteiger partial charge in [-0.2, -0.15) is 9.55 Å². The summed E-state index contributed by atoms with van der Waals surface area (Å²) in [5, 5.41) is 19.7. The van der Waals surface area contributed by atoms with Gasteiger partial charge in [-0.15, -0.1) is 0 Å². The van der Waals surface area contributed by atoms with Crippen molar-refractivity contribution in [3.63, 3.8) is 0 Å². The van der Waals surface area contributed by atoms with Crippen LogP contribution in [0.15, 0.2) is 67.0 Å². The van der Waals surface area contributed by atoms with Gasteiger partial charge in [-0.05, 0) is 5.56 Å². The molecule has 106 valence electrons. The maximum atomic E-state index is 10.1. The van der Waals surface area contributed by atoms with Crippen molar-refractivity contribution >= 4 is 0 Å². The molecule has 0 aliphatic rings. The van der Waals surface area contributed by atoms with Gasteiger partial charge in [0.25, 0.3) is 11.6 Å². The molecule has 0 aliphatic carbocycles. The van der Waals surface area contributed by atoms with Crippen LogP contribution in [0, 0.1) is 0 Å². The lowest BCUT2D eigenvalue weighted by Gasteiger charge is -2.07. The molecule has 0 spiro atoms. The number of hydrogen-bond acceptors (Lipinski definition) is 3. The highest BCUT2D eigenvalue weighted by Gasteiger charge is 2.21. The van der Waals surface area contributed by atoms with E-state index in [2.05, 4.69) is 4.98 Å². The van der Waals surface area contributed by atoms with Crippen LogP contribution in [0.2, 0.25) is 0 Å². The van der Waals surface area contributed by atoms with Gasteiger partial charge in [0.15, 0.2) is 12.4 Å². The van der Waals surface area contributed by atoms with Crippen molar-refractivity contribution in [3.05, 3.63) is 67.0 Å². The number of aromatic nitrogens is 2. The summed E-state index contributed by atoms with van der Waals surface area (Å²) in [5.74, 6) is -0.415. The molecule has 0 saturated carbocycles. The van der Waals surface area contributed by atoms with Crippen LogP contribution in [-0.4, -0.2) is 15.2 Å². The van der Waals surface area contributed by atoms with Crippen molar-refractivity contribution in [1.29, 1.82) is 0 Å². The number of hydrogen-bond donors (Lipinski definition) is 2. The standard InChI is InChI=1S/C16H12N2O2.ClH/c19-14-11-13(12-7-3-1-4-8-12)15(16(20)17-14)18-9-5-2-6-10-18;/h1-11H,(H-,17,19,20);1H. The summed E-state index contributed by atoms with van der Waals surface area (Å²) in [6, 6.07) is 16.7. The topological polar surface area (TPSA) is 57.2 Å². The third kappa shape index (κ3) is 2.95. The summed E-state index contributed by atoms with van der Waals surface area (Å²) in [5.41, 5.74) is 2.15. The van der Waals surface area contributed by atoms with Crippen molar-refractivity contribution in [2.45, 2.75) is 0 Å². The van der Waals surface area contributed by atoms with Crippen molar-refractivity contribution < 1.29 is 27.2 Å². The summed E-state index contributed by atoms with van der Waals surface area (Å²) in [4.78, 5) is 3.73. The highest BCUT2D eigenvalue weighted by Crippen LogP contribution is 2.31. The van der Waals surface area contributed by atoms with Crippen molar-refractivity contribution in [3.8, 4) is 28.6 Å². The fraction of sp³-hybridized carbons (Fsp3) is 0. The van der Waals surface area contributed by atoms with Crippen LogP contribution in [0.25, 0.3) is 16.8 Å². The first kappa shape index (κ1) is 14.8. The fourth-order valence-electron chi connectivity index (χ4n) is 2.15. The molecule has 2 N–H and O–H groups in total. The quantitative estimate of drug-likeness (QED) is 0.624. The SMILES string of the molecule is Oc1cc(-c2ccccc2)c(-[n+]2ccccc2)c(O)n1.[Cl-]. The van der Waals surface area contributed by atoms with E-state index < -0.39 is 0 Å². The van der Waals surface area contributed by atoms with Crippen molar-refractivity contribution in [2.75, 3.05) is 0 Å². The average molecular weight is 301 g/mol. The molecule has 3 rings (SSSR count). The molecule has 0 fully saturated rings. The Morgan fingerprint density at radius 3 is 2.14 bits per heavy atom. The van der Waals surface area contributed by atoms with Crippen LogP contribution in [0.4, 0.5) is 0 Å². The molecule has 2 heterocycles. The largest absolute Gasteiger partial charge is 1.00 e. The lowest BCUT2D eigenvalue weighted by atomic mass is 10.0. The maximum Gasteiger partial charge on any atom is 0.289 e. The Balaban J connectivity index is 0.00000161. The molecule has 21 heavy (non-hydrogen) atoms. The van der Waals surface area contributed by atoms with E-state index in [1.807, 2.05) is 60.9 Å². The molecule has 0 saturated heterocycles. The second-order valence-electron chi connectivity index (χ2n) is 4.35. The molecule has 0 bridgehead atoms. The van der Waals surface area contributed by atoms with Crippen molar-refractivity contribution in [2.24, 2.45) is 0 Å². The Morgan fingerprint density at radius 1 is 0.857 bits per heavy atom. The predicted molar refractivity (Wildman–Crippen MR) is 74.5 cm³/mol. The lowest BCUT2D eigenvalue weighted by molar-refractivity contribution is -0.595. The smallest absolute Gasteiger partial charge is 0.289 e. The zero-order chi connectivity index (χ0) is 13.9. The van der Waals surface area contributed by atoms with Crippen LogP contribution >= 0.6 is 0 Å². The zero-order valence-corrected chi connectivity index (χ0v) is 11.8. The molecule has 0 unspecified atom stereocenters. The second kappa shape index (κ2) is 6.24. The Morgan fingerprint density at radius 2 is 1.48 bits per heavy atom. The van der Waals surface area contributed by atoms with Gasteiger partial charge in [0, 0.05) is 18.2 Å². The van der Waals surface area contributed by atoms with Crippen LogP contribution in [-0.2, 0) is 0 Å². The third-order valence-corrected chi connectivity index (χ3v) is 3.02. The summed E-state index contributed by atoms with van der Waals surface area (Å²) < 4.78 is 1.77. The highest BCUT2D eigenvalue weighted by atomic mass is 35.5. The zero-order valence-electron chi connectivity index (χ0n) is 11.0. The predicted octanol–water partition coefficient (Wildman–Crippen LogP) is -0.560. The molecule has 0 aliphatic heterocycles. The van der Waals surface area contributed by atoms with E-state index >= 15 is 0 Å².